The molecular formula is C21H27NO9. The summed E-state index contributed by atoms with van der Waals surface area (Å²) in [5.41, 5.74) is 0.849. The van der Waals surface area contributed by atoms with Crippen LogP contribution < -0.4 is 0 Å². The molecule has 10 nitrogen and oxygen atoms in total. The summed E-state index contributed by atoms with van der Waals surface area (Å²) >= 11 is 0. The van der Waals surface area contributed by atoms with Crippen molar-refractivity contribution in [1.29, 1.82) is 0 Å². The third-order valence-electron chi connectivity index (χ3n) is 3.72. The molecule has 1 aromatic rings. The van der Waals surface area contributed by atoms with E-state index in [9.17, 15) is 19.2 Å². The molecule has 0 fully saturated rings. The smallest absolute Gasteiger partial charge is 0.303 e. The lowest BCUT2D eigenvalue weighted by Gasteiger charge is -2.32. The molecule has 1 rings (SSSR count). The van der Waals surface area contributed by atoms with Crippen LogP contribution in [0, 0.1) is 0 Å². The van der Waals surface area contributed by atoms with Gasteiger partial charge < -0.3 is 23.8 Å². The zero-order valence-corrected chi connectivity index (χ0v) is 18.1. The largest absolute Gasteiger partial charge is 0.459 e. The highest BCUT2D eigenvalue weighted by atomic mass is 16.6. The molecule has 1 aromatic carbocycles. The Labute approximate surface area is 180 Å². The lowest BCUT2D eigenvalue weighted by molar-refractivity contribution is -0.191. The average Bonchev–Trinajstić information content (AvgIpc) is 2.66. The quantitative estimate of drug-likeness (QED) is 0.221. The number of hydrogen-bond donors (Lipinski definition) is 0. The van der Waals surface area contributed by atoms with Gasteiger partial charge >= 0.3 is 23.9 Å². The second-order valence-corrected chi connectivity index (χ2v) is 6.55. The highest BCUT2D eigenvalue weighted by Gasteiger charge is 2.41. The van der Waals surface area contributed by atoms with Gasteiger partial charge in [0.15, 0.2) is 18.3 Å². The maximum atomic E-state index is 11.7. The minimum Gasteiger partial charge on any atom is -0.459 e. The van der Waals surface area contributed by atoms with Crippen molar-refractivity contribution in [3.05, 3.63) is 35.9 Å². The highest BCUT2D eigenvalue weighted by Crippen LogP contribution is 2.19. The van der Waals surface area contributed by atoms with Gasteiger partial charge in [0.05, 0.1) is 6.21 Å². The van der Waals surface area contributed by atoms with E-state index < -0.39 is 48.3 Å². The van der Waals surface area contributed by atoms with Crippen molar-refractivity contribution in [2.24, 2.45) is 5.16 Å². The molecule has 31 heavy (non-hydrogen) atoms. The van der Waals surface area contributed by atoms with Crippen LogP contribution in [-0.4, -0.2) is 54.5 Å². The van der Waals surface area contributed by atoms with Crippen molar-refractivity contribution >= 4 is 30.1 Å². The van der Waals surface area contributed by atoms with Crippen molar-refractivity contribution in [2.75, 3.05) is 0 Å². The fraction of sp³-hybridized carbons (Fsp3) is 0.476. The van der Waals surface area contributed by atoms with Gasteiger partial charge in [0.25, 0.3) is 0 Å². The van der Waals surface area contributed by atoms with Crippen LogP contribution in [0.3, 0.4) is 0 Å². The molecule has 0 radical (unpaired) electrons. The first-order valence-electron chi connectivity index (χ1n) is 9.48. The molecule has 0 amide bonds. The lowest BCUT2D eigenvalue weighted by atomic mass is 10.0. The van der Waals surface area contributed by atoms with Crippen LogP contribution in [0.4, 0.5) is 0 Å². The third-order valence-corrected chi connectivity index (χ3v) is 3.72. The van der Waals surface area contributed by atoms with E-state index in [1.54, 1.807) is 0 Å². The second kappa shape index (κ2) is 13.0. The Morgan fingerprint density at radius 1 is 0.806 bits per heavy atom. The summed E-state index contributed by atoms with van der Waals surface area (Å²) in [6, 6.07) is 9.19. The molecule has 10 heteroatoms. The van der Waals surface area contributed by atoms with Crippen molar-refractivity contribution in [3.8, 4) is 0 Å². The summed E-state index contributed by atoms with van der Waals surface area (Å²) in [4.78, 5) is 51.6. The maximum absolute atomic E-state index is 11.7. The summed E-state index contributed by atoms with van der Waals surface area (Å²) in [6.45, 7) is 6.16. The molecule has 0 spiro atoms. The molecule has 0 saturated carbocycles. The fourth-order valence-corrected chi connectivity index (χ4v) is 2.63. The Morgan fingerprint density at radius 3 is 1.84 bits per heavy atom. The normalized spacial score (nSPS) is 14.6. The van der Waals surface area contributed by atoms with E-state index in [0.717, 1.165) is 32.5 Å². The number of nitrogens with zero attached hydrogens (tertiary/aromatic N) is 1. The minimum absolute atomic E-state index is 0.138. The average molecular weight is 437 g/mol. The number of carbonyl (C=O) groups is 4. The van der Waals surface area contributed by atoms with Gasteiger partial charge in [-0.15, -0.1) is 0 Å². The minimum atomic E-state index is -1.36. The van der Waals surface area contributed by atoms with Gasteiger partial charge in [-0.2, -0.15) is 0 Å². The van der Waals surface area contributed by atoms with Crippen LogP contribution in [-0.2, 0) is 49.6 Å². The van der Waals surface area contributed by atoms with Gasteiger partial charge in [-0.05, 0) is 12.5 Å². The first-order valence-corrected chi connectivity index (χ1v) is 9.48. The Hall–Kier alpha value is -3.43. The molecule has 170 valence electrons. The lowest BCUT2D eigenvalue weighted by Crippen LogP contribution is -2.51. The molecular weight excluding hydrogens is 410 g/mol. The van der Waals surface area contributed by atoms with E-state index in [1.165, 1.54) is 13.8 Å². The van der Waals surface area contributed by atoms with Crippen LogP contribution in [0.5, 0.6) is 0 Å². The second-order valence-electron chi connectivity index (χ2n) is 6.55. The van der Waals surface area contributed by atoms with E-state index in [0.29, 0.717) is 0 Å². The van der Waals surface area contributed by atoms with Crippen LogP contribution in [0.1, 0.15) is 40.2 Å². The Bertz CT molecular complexity index is 778. The van der Waals surface area contributed by atoms with Crippen molar-refractivity contribution in [3.63, 3.8) is 0 Å². The molecule has 0 aliphatic carbocycles. The topological polar surface area (TPSA) is 127 Å². The van der Waals surface area contributed by atoms with Crippen LogP contribution in [0.2, 0.25) is 0 Å². The predicted molar refractivity (Wildman–Crippen MR) is 108 cm³/mol. The number of oxime groups is 1. The Balaban J connectivity index is 3.13. The zero-order chi connectivity index (χ0) is 23.4. The molecule has 0 heterocycles. The van der Waals surface area contributed by atoms with Gasteiger partial charge in [0.1, 0.15) is 12.7 Å². The Morgan fingerprint density at radius 2 is 1.32 bits per heavy atom. The van der Waals surface area contributed by atoms with E-state index in [2.05, 4.69) is 5.16 Å². The number of esters is 4. The van der Waals surface area contributed by atoms with Gasteiger partial charge in [0.2, 0.25) is 0 Å². The standard InChI is InChI=1S/C21H27NO9/c1-13(28-14(2)23)20(30-16(4)25)21(31-17(5)26)19(29-15(3)24)11-22-27-12-18-9-7-6-8-10-18/h6-11,13,19-21H,12H2,1-5H3/b22-11+. The fourth-order valence-electron chi connectivity index (χ4n) is 2.63. The van der Waals surface area contributed by atoms with E-state index in [-0.39, 0.29) is 6.61 Å². The SMILES string of the molecule is CC(=O)OC(C)C(OC(C)=O)C(OC(C)=O)C(/C=N/OCc1ccccc1)OC(C)=O. The van der Waals surface area contributed by atoms with Crippen molar-refractivity contribution < 1.29 is 43.0 Å². The molecule has 4 unspecified atom stereocenters. The third kappa shape index (κ3) is 10.2. The molecule has 4 atom stereocenters. The van der Waals surface area contributed by atoms with Crippen molar-refractivity contribution in [1.82, 2.24) is 0 Å². The van der Waals surface area contributed by atoms with Crippen LogP contribution in [0.15, 0.2) is 35.5 Å². The van der Waals surface area contributed by atoms with Gasteiger partial charge in [-0.25, -0.2) is 0 Å². The summed E-state index contributed by atoms with van der Waals surface area (Å²) in [7, 11) is 0. The first kappa shape index (κ1) is 25.6. The number of carbonyl (C=O) groups excluding carboxylic acids is 4. The summed E-state index contributed by atoms with van der Waals surface area (Å²) in [5, 5.41) is 3.79. The summed E-state index contributed by atoms with van der Waals surface area (Å²) in [5.74, 6) is -2.82. The van der Waals surface area contributed by atoms with Gasteiger partial charge in [0, 0.05) is 27.7 Å². The number of hydrogen-bond acceptors (Lipinski definition) is 10. The van der Waals surface area contributed by atoms with Crippen LogP contribution in [0.25, 0.3) is 0 Å². The monoisotopic (exact) mass is 437 g/mol. The van der Waals surface area contributed by atoms with Crippen molar-refractivity contribution in [2.45, 2.75) is 65.6 Å². The summed E-state index contributed by atoms with van der Waals surface area (Å²) < 4.78 is 20.8. The summed E-state index contributed by atoms with van der Waals surface area (Å²) in [6.07, 6.45) is -3.85. The zero-order valence-electron chi connectivity index (χ0n) is 18.1. The number of ether oxygens (including phenoxy) is 4. The molecule has 0 aliphatic rings. The van der Waals surface area contributed by atoms with E-state index >= 15 is 0 Å². The first-order chi connectivity index (χ1) is 14.6. The molecule has 0 saturated heterocycles. The predicted octanol–water partition coefficient (Wildman–Crippen LogP) is 1.94. The highest BCUT2D eigenvalue weighted by molar-refractivity contribution is 5.74. The van der Waals surface area contributed by atoms with E-state index in [4.69, 9.17) is 23.8 Å². The van der Waals surface area contributed by atoms with Crippen LogP contribution >= 0.6 is 0 Å². The Kier molecular flexibility index (Phi) is 10.7. The molecule has 0 aromatic heterocycles. The maximum Gasteiger partial charge on any atom is 0.303 e. The van der Waals surface area contributed by atoms with Gasteiger partial charge in [-0.1, -0.05) is 35.5 Å². The molecule has 0 aliphatic heterocycles. The van der Waals surface area contributed by atoms with E-state index in [1.807, 2.05) is 30.3 Å². The number of rotatable bonds is 11. The molecule has 0 bridgehead atoms. The van der Waals surface area contributed by atoms with Gasteiger partial charge in [-0.3, -0.25) is 19.2 Å². The molecule has 0 N–H and O–H groups in total. The number of benzene rings is 1.